The van der Waals surface area contributed by atoms with Crippen LogP contribution in [0.25, 0.3) is 10.8 Å². The summed E-state index contributed by atoms with van der Waals surface area (Å²) in [6.45, 7) is 2.85. The molecule has 2 heterocycles. The van der Waals surface area contributed by atoms with Gasteiger partial charge in [0.25, 0.3) is 5.56 Å². The Morgan fingerprint density at radius 2 is 1.66 bits per heavy atom. The van der Waals surface area contributed by atoms with Crippen LogP contribution >= 0.6 is 0 Å². The van der Waals surface area contributed by atoms with Crippen molar-refractivity contribution in [2.45, 2.75) is 32.6 Å². The Kier molecular flexibility index (Phi) is 8.74. The molecule has 3 aromatic carbocycles. The molecule has 1 aromatic heterocycles. The largest absolute Gasteiger partial charge is 0.497 e. The zero-order chi connectivity index (χ0) is 28.8. The average molecular weight is 555 g/mol. The van der Waals surface area contributed by atoms with Crippen LogP contribution < -0.4 is 10.3 Å². The lowest BCUT2D eigenvalue weighted by atomic mass is 10.1. The van der Waals surface area contributed by atoms with E-state index in [1.165, 1.54) is 9.58 Å². The van der Waals surface area contributed by atoms with Gasteiger partial charge in [0.05, 0.1) is 37.4 Å². The van der Waals surface area contributed by atoms with Crippen LogP contribution in [0.3, 0.4) is 0 Å². The molecule has 1 aliphatic heterocycles. The quantitative estimate of drug-likeness (QED) is 0.316. The summed E-state index contributed by atoms with van der Waals surface area (Å²) < 4.78 is 12.8. The molecule has 2 amide bonds. The van der Waals surface area contributed by atoms with Gasteiger partial charge in [-0.05, 0) is 42.7 Å². The van der Waals surface area contributed by atoms with Crippen LogP contribution in [0.1, 0.15) is 16.8 Å². The Hall–Kier alpha value is -4.50. The highest BCUT2D eigenvalue weighted by molar-refractivity contribution is 5.86. The maximum Gasteiger partial charge on any atom is 0.275 e. The van der Waals surface area contributed by atoms with Crippen LogP contribution in [0.4, 0.5) is 0 Å². The van der Waals surface area contributed by atoms with E-state index in [4.69, 9.17) is 9.47 Å². The molecule has 0 radical (unpaired) electrons. The minimum atomic E-state index is -0.421. The predicted octanol–water partition coefficient (Wildman–Crippen LogP) is 3.21. The molecule has 9 nitrogen and oxygen atoms in total. The predicted molar refractivity (Wildman–Crippen MR) is 156 cm³/mol. The van der Waals surface area contributed by atoms with Gasteiger partial charge in [0.1, 0.15) is 12.3 Å². The van der Waals surface area contributed by atoms with Crippen molar-refractivity contribution < 1.29 is 19.1 Å². The molecule has 1 saturated heterocycles. The number of hydrogen-bond acceptors (Lipinski definition) is 6. The van der Waals surface area contributed by atoms with Gasteiger partial charge in [0, 0.05) is 25.0 Å². The van der Waals surface area contributed by atoms with E-state index >= 15 is 0 Å². The maximum absolute atomic E-state index is 13.5. The van der Waals surface area contributed by atoms with Crippen molar-refractivity contribution in [2.24, 2.45) is 0 Å². The molecule has 41 heavy (non-hydrogen) atoms. The van der Waals surface area contributed by atoms with Crippen LogP contribution in [0.5, 0.6) is 5.75 Å². The summed E-state index contributed by atoms with van der Waals surface area (Å²) in [5.41, 5.74) is 2.38. The third kappa shape index (κ3) is 6.81. The Bertz CT molecular complexity index is 1590. The standard InChI is InChI=1S/C32H34N4O5/c1-23-28-13-6-7-14-29(28)32(39)36(33-23)21-31(38)35-19-27(41-22-25-11-8-12-26(17-25)40-2)18-34(30(37)20-35)16-15-24-9-4-3-5-10-24/h3-14,17,27H,15-16,18-22H2,1-2H3/t27-/m0/s1. The van der Waals surface area contributed by atoms with Crippen LogP contribution in [0.15, 0.2) is 83.7 Å². The summed E-state index contributed by atoms with van der Waals surface area (Å²) >= 11 is 0. The minimum absolute atomic E-state index is 0.0893. The first-order valence-corrected chi connectivity index (χ1v) is 13.7. The maximum atomic E-state index is 13.5. The molecule has 212 valence electrons. The lowest BCUT2D eigenvalue weighted by molar-refractivity contribution is -0.139. The monoisotopic (exact) mass is 554 g/mol. The second kappa shape index (κ2) is 12.8. The number of carbonyl (C=O) groups excluding carboxylic acids is 2. The number of fused-ring (bicyclic) bond motifs is 1. The van der Waals surface area contributed by atoms with Crippen molar-refractivity contribution in [3.05, 3.63) is 106 Å². The zero-order valence-electron chi connectivity index (χ0n) is 23.4. The Morgan fingerprint density at radius 3 is 2.44 bits per heavy atom. The molecule has 1 fully saturated rings. The van der Waals surface area contributed by atoms with E-state index in [-0.39, 0.29) is 37.0 Å². The average Bonchev–Trinajstić information content (AvgIpc) is 3.16. The number of ether oxygens (including phenoxy) is 2. The first-order valence-electron chi connectivity index (χ1n) is 13.7. The van der Waals surface area contributed by atoms with Gasteiger partial charge in [-0.25, -0.2) is 4.68 Å². The van der Waals surface area contributed by atoms with E-state index in [2.05, 4.69) is 5.10 Å². The smallest absolute Gasteiger partial charge is 0.275 e. The van der Waals surface area contributed by atoms with Crippen molar-refractivity contribution in [1.29, 1.82) is 0 Å². The molecule has 5 rings (SSSR count). The first kappa shape index (κ1) is 28.0. The Balaban J connectivity index is 1.35. The van der Waals surface area contributed by atoms with E-state index in [9.17, 15) is 14.4 Å². The zero-order valence-corrected chi connectivity index (χ0v) is 23.4. The van der Waals surface area contributed by atoms with Gasteiger partial charge in [-0.1, -0.05) is 60.7 Å². The van der Waals surface area contributed by atoms with Gasteiger partial charge < -0.3 is 19.3 Å². The first-order chi connectivity index (χ1) is 19.9. The molecule has 0 aliphatic carbocycles. The van der Waals surface area contributed by atoms with E-state index in [0.717, 1.165) is 22.3 Å². The van der Waals surface area contributed by atoms with Crippen molar-refractivity contribution >= 4 is 22.6 Å². The number of amides is 2. The summed E-state index contributed by atoms with van der Waals surface area (Å²) in [5.74, 6) is 0.214. The molecule has 0 bridgehead atoms. The molecular weight excluding hydrogens is 520 g/mol. The van der Waals surface area contributed by atoms with E-state index in [1.54, 1.807) is 24.1 Å². The highest BCUT2D eigenvalue weighted by Gasteiger charge is 2.31. The van der Waals surface area contributed by atoms with Gasteiger partial charge in [0.15, 0.2) is 0 Å². The molecule has 0 N–H and O–H groups in total. The topological polar surface area (TPSA) is 94.0 Å². The second-order valence-electron chi connectivity index (χ2n) is 10.2. The number of hydrogen-bond donors (Lipinski definition) is 0. The molecule has 0 unspecified atom stereocenters. The molecular formula is C32H34N4O5. The van der Waals surface area contributed by atoms with Gasteiger partial charge >= 0.3 is 0 Å². The highest BCUT2D eigenvalue weighted by atomic mass is 16.5. The van der Waals surface area contributed by atoms with Crippen LogP contribution in [0.2, 0.25) is 0 Å². The Labute approximate surface area is 238 Å². The number of methoxy groups -OCH3 is 1. The van der Waals surface area contributed by atoms with Crippen LogP contribution in [-0.4, -0.2) is 70.8 Å². The molecule has 4 aromatic rings. The number of carbonyl (C=O) groups is 2. The number of aryl methyl sites for hydroxylation is 1. The van der Waals surface area contributed by atoms with Crippen LogP contribution in [-0.2, 0) is 33.9 Å². The van der Waals surface area contributed by atoms with Crippen molar-refractivity contribution in [3.63, 3.8) is 0 Å². The minimum Gasteiger partial charge on any atom is -0.497 e. The van der Waals surface area contributed by atoms with Crippen LogP contribution in [0, 0.1) is 6.92 Å². The molecule has 1 aliphatic rings. The summed E-state index contributed by atoms with van der Waals surface area (Å²) in [5, 5.41) is 5.65. The normalized spacial score (nSPS) is 15.7. The third-order valence-electron chi connectivity index (χ3n) is 7.35. The number of aromatic nitrogens is 2. The fourth-order valence-corrected chi connectivity index (χ4v) is 5.12. The lowest BCUT2D eigenvalue weighted by Crippen LogP contribution is -2.43. The fraction of sp³-hybridized carbons (Fsp3) is 0.312. The van der Waals surface area contributed by atoms with Crippen molar-refractivity contribution in [1.82, 2.24) is 19.6 Å². The van der Waals surface area contributed by atoms with E-state index in [1.807, 2.05) is 73.7 Å². The highest BCUT2D eigenvalue weighted by Crippen LogP contribution is 2.17. The summed E-state index contributed by atoms with van der Waals surface area (Å²) in [6, 6.07) is 24.8. The molecule has 0 saturated carbocycles. The second-order valence-corrected chi connectivity index (χ2v) is 10.2. The molecule has 9 heteroatoms. The summed E-state index contributed by atoms with van der Waals surface area (Å²) in [6.07, 6.45) is 0.272. The van der Waals surface area contributed by atoms with Gasteiger partial charge in [-0.3, -0.25) is 14.4 Å². The van der Waals surface area contributed by atoms with Crippen molar-refractivity contribution in [3.8, 4) is 5.75 Å². The van der Waals surface area contributed by atoms with Crippen molar-refractivity contribution in [2.75, 3.05) is 33.3 Å². The van der Waals surface area contributed by atoms with Gasteiger partial charge in [-0.2, -0.15) is 5.10 Å². The number of nitrogens with zero attached hydrogens (tertiary/aromatic N) is 4. The van der Waals surface area contributed by atoms with Gasteiger partial charge in [0.2, 0.25) is 11.8 Å². The van der Waals surface area contributed by atoms with Gasteiger partial charge in [-0.15, -0.1) is 0 Å². The molecule has 1 atom stereocenters. The SMILES string of the molecule is COc1cccc(CO[C@H]2CN(CCc3ccccc3)C(=O)CN(C(=O)Cn3nc(C)c4ccccc4c3=O)C2)c1. The van der Waals surface area contributed by atoms with E-state index in [0.29, 0.717) is 37.2 Å². The summed E-state index contributed by atoms with van der Waals surface area (Å²) in [4.78, 5) is 43.3. The molecule has 0 spiro atoms. The van der Waals surface area contributed by atoms with E-state index < -0.39 is 6.10 Å². The summed E-state index contributed by atoms with van der Waals surface area (Å²) in [7, 11) is 1.61. The third-order valence-corrected chi connectivity index (χ3v) is 7.35. The Morgan fingerprint density at radius 1 is 0.927 bits per heavy atom. The number of benzene rings is 3. The number of rotatable bonds is 9. The fourth-order valence-electron chi connectivity index (χ4n) is 5.12. The lowest BCUT2D eigenvalue weighted by Gasteiger charge is -2.25.